The molecule has 0 radical (unpaired) electrons. The fourth-order valence-electron chi connectivity index (χ4n) is 2.30. The number of halogens is 1. The van der Waals surface area contributed by atoms with Crippen LogP contribution in [0.1, 0.15) is 51.8 Å². The maximum Gasteiger partial charge on any atom is 0.0834 e. The molecule has 1 heterocycles. The van der Waals surface area contributed by atoms with Crippen molar-refractivity contribution in [2.45, 2.75) is 58.7 Å². The standard InChI is InChI=1S/C15H29ClN4/c1-6-7-8-14(18-12(2)3)15-13(16)11-17-20(15)10-9-19(4)5/h11-12,14,18H,6-10H2,1-5H3. The largest absolute Gasteiger partial charge is 0.308 e. The van der Waals surface area contributed by atoms with E-state index < -0.39 is 0 Å². The van der Waals surface area contributed by atoms with Crippen LogP contribution in [0.5, 0.6) is 0 Å². The Labute approximate surface area is 128 Å². The third-order valence-electron chi connectivity index (χ3n) is 3.30. The summed E-state index contributed by atoms with van der Waals surface area (Å²) in [5.74, 6) is 0. The molecule has 1 unspecified atom stereocenters. The van der Waals surface area contributed by atoms with E-state index in [-0.39, 0.29) is 6.04 Å². The molecule has 0 aliphatic carbocycles. The molecule has 0 spiro atoms. The first-order valence-electron chi connectivity index (χ1n) is 7.57. The first-order valence-corrected chi connectivity index (χ1v) is 7.95. The van der Waals surface area contributed by atoms with Gasteiger partial charge in [0.1, 0.15) is 0 Å². The molecular formula is C15H29ClN4. The number of hydrogen-bond acceptors (Lipinski definition) is 3. The van der Waals surface area contributed by atoms with E-state index in [0.717, 1.165) is 30.2 Å². The Morgan fingerprint density at radius 1 is 1.40 bits per heavy atom. The van der Waals surface area contributed by atoms with E-state index in [1.54, 1.807) is 6.20 Å². The average Bonchev–Trinajstić information content (AvgIpc) is 2.73. The predicted octanol–water partition coefficient (Wildman–Crippen LogP) is 3.33. The minimum Gasteiger partial charge on any atom is -0.308 e. The molecule has 0 aliphatic rings. The quantitative estimate of drug-likeness (QED) is 0.759. The lowest BCUT2D eigenvalue weighted by molar-refractivity contribution is 0.353. The van der Waals surface area contributed by atoms with Crippen LogP contribution in [0, 0.1) is 0 Å². The van der Waals surface area contributed by atoms with Gasteiger partial charge in [-0.2, -0.15) is 5.10 Å². The molecule has 1 atom stereocenters. The van der Waals surface area contributed by atoms with Crippen molar-refractivity contribution in [2.75, 3.05) is 20.6 Å². The Kier molecular flexibility index (Phi) is 7.56. The maximum absolute atomic E-state index is 6.38. The zero-order valence-electron chi connectivity index (χ0n) is 13.5. The molecule has 0 saturated carbocycles. The van der Waals surface area contributed by atoms with Gasteiger partial charge in [0.25, 0.3) is 0 Å². The van der Waals surface area contributed by atoms with Crippen LogP contribution in [0.2, 0.25) is 5.02 Å². The highest BCUT2D eigenvalue weighted by atomic mass is 35.5. The molecule has 116 valence electrons. The molecule has 0 bridgehead atoms. The normalized spacial score (nSPS) is 13.4. The number of nitrogens with zero attached hydrogens (tertiary/aromatic N) is 3. The lowest BCUT2D eigenvalue weighted by Gasteiger charge is -2.23. The number of nitrogens with one attached hydrogen (secondary N) is 1. The van der Waals surface area contributed by atoms with Crippen LogP contribution in [0.15, 0.2) is 6.20 Å². The van der Waals surface area contributed by atoms with Crippen molar-refractivity contribution < 1.29 is 0 Å². The summed E-state index contributed by atoms with van der Waals surface area (Å²) in [4.78, 5) is 2.16. The Balaban J connectivity index is 2.89. The van der Waals surface area contributed by atoms with Gasteiger partial charge >= 0.3 is 0 Å². The lowest BCUT2D eigenvalue weighted by atomic mass is 10.1. The topological polar surface area (TPSA) is 33.1 Å². The second-order valence-corrected chi connectivity index (χ2v) is 6.33. The number of likely N-dealkylation sites (N-methyl/N-ethyl adjacent to an activating group) is 1. The summed E-state index contributed by atoms with van der Waals surface area (Å²) in [6.07, 6.45) is 5.26. The molecule has 20 heavy (non-hydrogen) atoms. The zero-order chi connectivity index (χ0) is 15.1. The second kappa shape index (κ2) is 8.65. The van der Waals surface area contributed by atoms with Gasteiger partial charge in [0.05, 0.1) is 29.5 Å². The number of aromatic nitrogens is 2. The molecule has 5 heteroatoms. The second-order valence-electron chi connectivity index (χ2n) is 5.92. The molecular weight excluding hydrogens is 272 g/mol. The van der Waals surface area contributed by atoms with Crippen molar-refractivity contribution >= 4 is 11.6 Å². The van der Waals surface area contributed by atoms with Crippen molar-refractivity contribution in [3.05, 3.63) is 16.9 Å². The van der Waals surface area contributed by atoms with E-state index in [0.29, 0.717) is 6.04 Å². The lowest BCUT2D eigenvalue weighted by Crippen LogP contribution is -2.31. The van der Waals surface area contributed by atoms with Gasteiger partial charge < -0.3 is 10.2 Å². The first-order chi connectivity index (χ1) is 9.45. The van der Waals surface area contributed by atoms with Crippen LogP contribution in [0.4, 0.5) is 0 Å². The van der Waals surface area contributed by atoms with E-state index in [4.69, 9.17) is 11.6 Å². The maximum atomic E-state index is 6.38. The van der Waals surface area contributed by atoms with Gasteiger partial charge in [-0.25, -0.2) is 0 Å². The Bertz CT molecular complexity index is 387. The monoisotopic (exact) mass is 300 g/mol. The number of hydrogen-bond donors (Lipinski definition) is 1. The van der Waals surface area contributed by atoms with Gasteiger partial charge in [0.2, 0.25) is 0 Å². The zero-order valence-corrected chi connectivity index (χ0v) is 14.2. The summed E-state index contributed by atoms with van der Waals surface area (Å²) in [6.45, 7) is 8.41. The van der Waals surface area contributed by atoms with Crippen LogP contribution < -0.4 is 5.32 Å². The molecule has 0 aliphatic heterocycles. The Morgan fingerprint density at radius 3 is 2.65 bits per heavy atom. The molecule has 0 saturated heterocycles. The fourth-order valence-corrected chi connectivity index (χ4v) is 2.57. The smallest absolute Gasteiger partial charge is 0.0834 e. The van der Waals surface area contributed by atoms with Crippen LogP contribution >= 0.6 is 11.6 Å². The van der Waals surface area contributed by atoms with Crippen LogP contribution in [-0.4, -0.2) is 41.4 Å². The minimum absolute atomic E-state index is 0.284. The van der Waals surface area contributed by atoms with Gasteiger partial charge in [-0.15, -0.1) is 0 Å². The summed E-state index contributed by atoms with van der Waals surface area (Å²) in [7, 11) is 4.15. The summed E-state index contributed by atoms with van der Waals surface area (Å²) < 4.78 is 2.05. The minimum atomic E-state index is 0.284. The van der Waals surface area contributed by atoms with Gasteiger partial charge in [-0.1, -0.05) is 45.2 Å². The molecule has 4 nitrogen and oxygen atoms in total. The molecule has 0 aromatic carbocycles. The van der Waals surface area contributed by atoms with Gasteiger partial charge in [-0.3, -0.25) is 4.68 Å². The van der Waals surface area contributed by atoms with E-state index in [9.17, 15) is 0 Å². The van der Waals surface area contributed by atoms with Gasteiger partial charge in [0.15, 0.2) is 0 Å². The third kappa shape index (κ3) is 5.43. The third-order valence-corrected chi connectivity index (χ3v) is 3.59. The van der Waals surface area contributed by atoms with Crippen molar-refractivity contribution in [3.8, 4) is 0 Å². The highest BCUT2D eigenvalue weighted by Crippen LogP contribution is 2.27. The summed E-state index contributed by atoms with van der Waals surface area (Å²) in [6, 6.07) is 0.720. The van der Waals surface area contributed by atoms with Crippen LogP contribution in [0.3, 0.4) is 0 Å². The Morgan fingerprint density at radius 2 is 2.10 bits per heavy atom. The van der Waals surface area contributed by atoms with Crippen molar-refractivity contribution in [3.63, 3.8) is 0 Å². The van der Waals surface area contributed by atoms with E-state index in [2.05, 4.69) is 54.9 Å². The van der Waals surface area contributed by atoms with E-state index in [1.807, 2.05) is 0 Å². The van der Waals surface area contributed by atoms with Crippen molar-refractivity contribution in [2.24, 2.45) is 0 Å². The summed E-state index contributed by atoms with van der Waals surface area (Å²) in [5.41, 5.74) is 1.13. The molecule has 1 aromatic heterocycles. The summed E-state index contributed by atoms with van der Waals surface area (Å²) in [5, 5.41) is 8.84. The molecule has 1 N–H and O–H groups in total. The number of rotatable bonds is 9. The Hall–Kier alpha value is -0.580. The van der Waals surface area contributed by atoms with Gasteiger partial charge in [0, 0.05) is 12.6 Å². The summed E-state index contributed by atoms with van der Waals surface area (Å²) >= 11 is 6.38. The average molecular weight is 301 g/mol. The molecule has 1 rings (SSSR count). The van der Waals surface area contributed by atoms with E-state index in [1.165, 1.54) is 12.8 Å². The highest BCUT2D eigenvalue weighted by Gasteiger charge is 2.20. The number of unbranched alkanes of at least 4 members (excludes halogenated alkanes) is 1. The fraction of sp³-hybridized carbons (Fsp3) is 0.800. The van der Waals surface area contributed by atoms with E-state index >= 15 is 0 Å². The first kappa shape index (κ1) is 17.5. The molecule has 0 amide bonds. The molecule has 1 aromatic rings. The molecule has 0 fully saturated rings. The predicted molar refractivity (Wildman–Crippen MR) is 86.3 cm³/mol. The van der Waals surface area contributed by atoms with Gasteiger partial charge in [-0.05, 0) is 20.5 Å². The van der Waals surface area contributed by atoms with Crippen molar-refractivity contribution in [1.29, 1.82) is 0 Å². The van der Waals surface area contributed by atoms with Crippen LogP contribution in [0.25, 0.3) is 0 Å². The van der Waals surface area contributed by atoms with Crippen LogP contribution in [-0.2, 0) is 6.54 Å². The highest BCUT2D eigenvalue weighted by molar-refractivity contribution is 6.31. The SMILES string of the molecule is CCCCC(NC(C)C)c1c(Cl)cnn1CCN(C)C. The van der Waals surface area contributed by atoms with Crippen molar-refractivity contribution in [1.82, 2.24) is 20.0 Å².